The normalized spacial score (nSPS) is 16.5. The van der Waals surface area contributed by atoms with Gasteiger partial charge in [0.2, 0.25) is 26.6 Å². The van der Waals surface area contributed by atoms with E-state index in [9.17, 15) is 8.42 Å². The highest BCUT2D eigenvalue weighted by Crippen LogP contribution is 2.39. The number of ether oxygens (including phenoxy) is 3. The number of rotatable bonds is 6. The van der Waals surface area contributed by atoms with Crippen LogP contribution in [0.15, 0.2) is 56.8 Å². The van der Waals surface area contributed by atoms with Crippen LogP contribution in [-0.4, -0.2) is 46.3 Å². The Morgan fingerprint density at radius 3 is 2.44 bits per heavy atom. The number of oxazole rings is 1. The SMILES string of the molecule is CCOc1ccc(-c2nc(S(=O)(=O)c3ccc4c(c3)OCCO4)c(N3CCC(C)CC3)o2)cc1. The van der Waals surface area contributed by atoms with Crippen LogP contribution >= 0.6 is 0 Å². The first-order chi connectivity index (χ1) is 16.5. The van der Waals surface area contributed by atoms with Gasteiger partial charge in [0.15, 0.2) is 11.5 Å². The molecule has 0 amide bonds. The number of hydrogen-bond acceptors (Lipinski definition) is 8. The molecule has 0 saturated carbocycles. The molecule has 2 aliphatic heterocycles. The largest absolute Gasteiger partial charge is 0.494 e. The van der Waals surface area contributed by atoms with Crippen LogP contribution in [0.5, 0.6) is 17.2 Å². The van der Waals surface area contributed by atoms with Gasteiger partial charge >= 0.3 is 0 Å². The lowest BCUT2D eigenvalue weighted by molar-refractivity contribution is 0.171. The summed E-state index contributed by atoms with van der Waals surface area (Å²) in [6.45, 7) is 6.92. The predicted molar refractivity (Wildman–Crippen MR) is 127 cm³/mol. The number of anilines is 1. The molecule has 1 saturated heterocycles. The summed E-state index contributed by atoms with van der Waals surface area (Å²) < 4.78 is 50.3. The molecule has 0 bridgehead atoms. The smallest absolute Gasteiger partial charge is 0.236 e. The van der Waals surface area contributed by atoms with Gasteiger partial charge in [0, 0.05) is 24.7 Å². The lowest BCUT2D eigenvalue weighted by Crippen LogP contribution is -2.33. The zero-order chi connectivity index (χ0) is 23.7. The molecule has 3 heterocycles. The highest BCUT2D eigenvalue weighted by Gasteiger charge is 2.33. The molecule has 9 heteroatoms. The molecule has 3 aromatic rings. The molecule has 34 heavy (non-hydrogen) atoms. The molecule has 2 aromatic carbocycles. The van der Waals surface area contributed by atoms with Gasteiger partial charge in [-0.05, 0) is 62.1 Å². The van der Waals surface area contributed by atoms with Gasteiger partial charge in [-0.3, -0.25) is 0 Å². The Kier molecular flexibility index (Phi) is 6.12. The van der Waals surface area contributed by atoms with E-state index >= 15 is 0 Å². The van der Waals surface area contributed by atoms with Crippen LogP contribution in [-0.2, 0) is 9.84 Å². The van der Waals surface area contributed by atoms with Crippen molar-refractivity contribution in [3.8, 4) is 28.7 Å². The fourth-order valence-corrected chi connectivity index (χ4v) is 5.51. The summed E-state index contributed by atoms with van der Waals surface area (Å²) in [5.74, 6) is 2.80. The maximum Gasteiger partial charge on any atom is 0.236 e. The molecule has 0 aliphatic carbocycles. The van der Waals surface area contributed by atoms with E-state index in [2.05, 4.69) is 11.9 Å². The van der Waals surface area contributed by atoms with Crippen LogP contribution in [0, 0.1) is 5.92 Å². The predicted octanol–water partition coefficient (Wildman–Crippen LogP) is 4.58. The first-order valence-corrected chi connectivity index (χ1v) is 13.1. The summed E-state index contributed by atoms with van der Waals surface area (Å²) in [6.07, 6.45) is 1.92. The summed E-state index contributed by atoms with van der Waals surface area (Å²) in [5.41, 5.74) is 0.679. The molecular formula is C25H28N2O6S. The number of aromatic nitrogens is 1. The van der Waals surface area contributed by atoms with Gasteiger partial charge in [-0.2, -0.15) is 4.98 Å². The van der Waals surface area contributed by atoms with Crippen LogP contribution in [0.1, 0.15) is 26.7 Å². The van der Waals surface area contributed by atoms with E-state index in [-0.39, 0.29) is 21.7 Å². The van der Waals surface area contributed by atoms with E-state index in [0.29, 0.717) is 55.9 Å². The van der Waals surface area contributed by atoms with Crippen molar-refractivity contribution in [1.82, 2.24) is 4.98 Å². The van der Waals surface area contributed by atoms with E-state index in [0.717, 1.165) is 18.6 Å². The quantitative estimate of drug-likeness (QED) is 0.502. The van der Waals surface area contributed by atoms with Crippen LogP contribution < -0.4 is 19.1 Å². The van der Waals surface area contributed by atoms with E-state index in [1.165, 1.54) is 12.1 Å². The monoisotopic (exact) mass is 484 g/mol. The van der Waals surface area contributed by atoms with Gasteiger partial charge in [0.25, 0.3) is 0 Å². The fraction of sp³-hybridized carbons (Fsp3) is 0.400. The van der Waals surface area contributed by atoms with Gasteiger partial charge in [0.05, 0.1) is 11.5 Å². The van der Waals surface area contributed by atoms with E-state index in [1.54, 1.807) is 6.07 Å². The van der Waals surface area contributed by atoms with Gasteiger partial charge in [-0.1, -0.05) is 6.92 Å². The molecule has 180 valence electrons. The Morgan fingerprint density at radius 1 is 1.03 bits per heavy atom. The molecule has 8 nitrogen and oxygen atoms in total. The summed E-state index contributed by atoms with van der Waals surface area (Å²) in [5, 5.41) is -0.0809. The molecule has 0 unspecified atom stereocenters. The molecule has 0 N–H and O–H groups in total. The van der Waals surface area contributed by atoms with Crippen molar-refractivity contribution in [3.63, 3.8) is 0 Å². The van der Waals surface area contributed by atoms with E-state index in [4.69, 9.17) is 18.6 Å². The molecule has 1 aromatic heterocycles. The second-order valence-electron chi connectivity index (χ2n) is 8.57. The second-order valence-corrected chi connectivity index (χ2v) is 10.4. The van der Waals surface area contributed by atoms with Gasteiger partial charge in [0.1, 0.15) is 19.0 Å². The summed E-state index contributed by atoms with van der Waals surface area (Å²) in [7, 11) is -3.98. The zero-order valence-electron chi connectivity index (χ0n) is 19.3. The van der Waals surface area contributed by atoms with E-state index < -0.39 is 9.84 Å². The van der Waals surface area contributed by atoms with Crippen molar-refractivity contribution in [1.29, 1.82) is 0 Å². The Labute approximate surface area is 199 Å². The minimum atomic E-state index is -3.98. The van der Waals surface area contributed by atoms with Crippen molar-refractivity contribution in [3.05, 3.63) is 42.5 Å². The third-order valence-electron chi connectivity index (χ3n) is 6.14. The van der Waals surface area contributed by atoms with E-state index in [1.807, 2.05) is 36.1 Å². The maximum absolute atomic E-state index is 13.8. The first-order valence-electron chi connectivity index (χ1n) is 11.6. The highest BCUT2D eigenvalue weighted by molar-refractivity contribution is 7.91. The Morgan fingerprint density at radius 2 is 1.74 bits per heavy atom. The maximum atomic E-state index is 13.8. The van der Waals surface area contributed by atoms with Crippen molar-refractivity contribution in [2.45, 2.75) is 36.6 Å². The molecule has 2 aliphatic rings. The molecule has 1 fully saturated rings. The van der Waals surface area contributed by atoms with Crippen LogP contribution in [0.4, 0.5) is 5.88 Å². The molecule has 0 atom stereocenters. The highest BCUT2D eigenvalue weighted by atomic mass is 32.2. The number of piperidine rings is 1. The number of fused-ring (bicyclic) bond motifs is 1. The molecular weight excluding hydrogens is 456 g/mol. The van der Waals surface area contributed by atoms with Gasteiger partial charge < -0.3 is 23.5 Å². The minimum absolute atomic E-state index is 0.0809. The third kappa shape index (κ3) is 4.32. The molecule has 0 spiro atoms. The van der Waals surface area contributed by atoms with Crippen molar-refractivity contribution < 1.29 is 27.0 Å². The number of benzene rings is 2. The number of nitrogens with zero attached hydrogens (tertiary/aromatic N) is 2. The zero-order valence-corrected chi connectivity index (χ0v) is 20.1. The van der Waals surface area contributed by atoms with Crippen molar-refractivity contribution >= 4 is 15.7 Å². The fourth-order valence-electron chi connectivity index (χ4n) is 4.17. The second kappa shape index (κ2) is 9.21. The lowest BCUT2D eigenvalue weighted by Gasteiger charge is -2.30. The number of hydrogen-bond donors (Lipinski definition) is 0. The summed E-state index contributed by atoms with van der Waals surface area (Å²) in [4.78, 5) is 6.58. The molecule has 0 radical (unpaired) electrons. The first kappa shape index (κ1) is 22.6. The lowest BCUT2D eigenvalue weighted by atomic mass is 9.99. The van der Waals surface area contributed by atoms with Crippen LogP contribution in [0.2, 0.25) is 0 Å². The van der Waals surface area contributed by atoms with Gasteiger partial charge in [-0.25, -0.2) is 8.42 Å². The van der Waals surface area contributed by atoms with Crippen LogP contribution in [0.25, 0.3) is 11.5 Å². The van der Waals surface area contributed by atoms with Gasteiger partial charge in [-0.15, -0.1) is 0 Å². The Hall–Kier alpha value is -3.20. The molecule has 5 rings (SSSR count). The summed E-state index contributed by atoms with van der Waals surface area (Å²) >= 11 is 0. The standard InChI is InChI=1S/C25H28N2O6S/c1-3-30-19-6-4-18(5-7-19)23-26-24(25(33-23)27-12-10-17(2)11-13-27)34(28,29)20-8-9-21-22(16-20)32-15-14-31-21/h4-9,16-17H,3,10-15H2,1-2H3. The van der Waals surface area contributed by atoms with Crippen molar-refractivity contribution in [2.24, 2.45) is 5.92 Å². The average Bonchev–Trinajstić information content (AvgIpc) is 3.31. The Balaban J connectivity index is 1.57. The summed E-state index contributed by atoms with van der Waals surface area (Å²) in [6, 6.07) is 11.9. The van der Waals surface area contributed by atoms with Crippen molar-refractivity contribution in [2.75, 3.05) is 37.8 Å². The topological polar surface area (TPSA) is 91.1 Å². The minimum Gasteiger partial charge on any atom is -0.494 e. The number of sulfone groups is 1. The third-order valence-corrected chi connectivity index (χ3v) is 7.79. The Bertz CT molecular complexity index is 1260. The average molecular weight is 485 g/mol. The van der Waals surface area contributed by atoms with Crippen LogP contribution in [0.3, 0.4) is 0 Å².